The highest BCUT2D eigenvalue weighted by atomic mass is 19.4. The first-order chi connectivity index (χ1) is 10.1. The number of hydrogen-bond donors (Lipinski definition) is 2. The second-order valence-electron chi connectivity index (χ2n) is 5.83. The van der Waals surface area contributed by atoms with Crippen LogP contribution in [0.1, 0.15) is 24.5 Å². The van der Waals surface area contributed by atoms with Gasteiger partial charge in [0.1, 0.15) is 0 Å². The molecular formula is C15H19F3N2O2. The number of aliphatic hydroxyl groups is 1. The van der Waals surface area contributed by atoms with Crippen LogP contribution in [0.2, 0.25) is 0 Å². The number of carbonyl (C=O) groups is 1. The van der Waals surface area contributed by atoms with E-state index in [1.54, 1.807) is 11.9 Å². The Morgan fingerprint density at radius 2 is 2.00 bits per heavy atom. The van der Waals surface area contributed by atoms with Gasteiger partial charge in [0.2, 0.25) is 5.91 Å². The van der Waals surface area contributed by atoms with Crippen LogP contribution in [0.4, 0.5) is 13.2 Å². The second-order valence-corrected chi connectivity index (χ2v) is 5.83. The average Bonchev–Trinajstić information content (AvgIpc) is 2.76. The van der Waals surface area contributed by atoms with Crippen molar-refractivity contribution in [3.63, 3.8) is 0 Å². The SMILES string of the molecule is CN1CCC(NCC(C)(O)c2cccc(C(F)(F)F)c2)C1=O. The Morgan fingerprint density at radius 1 is 1.36 bits per heavy atom. The van der Waals surface area contributed by atoms with E-state index in [-0.39, 0.29) is 18.0 Å². The molecule has 2 rings (SSSR count). The minimum absolute atomic E-state index is 0.00143. The molecule has 1 heterocycles. The fourth-order valence-corrected chi connectivity index (χ4v) is 2.47. The van der Waals surface area contributed by atoms with Gasteiger partial charge in [-0.3, -0.25) is 4.79 Å². The summed E-state index contributed by atoms with van der Waals surface area (Å²) in [7, 11) is 1.69. The quantitative estimate of drug-likeness (QED) is 0.889. The van der Waals surface area contributed by atoms with Gasteiger partial charge in [-0.2, -0.15) is 13.2 Å². The molecule has 2 unspecified atom stereocenters. The zero-order chi connectivity index (χ0) is 16.5. The highest BCUT2D eigenvalue weighted by Crippen LogP contribution is 2.32. The average molecular weight is 316 g/mol. The summed E-state index contributed by atoms with van der Waals surface area (Å²) in [5, 5.41) is 13.4. The fraction of sp³-hybridized carbons (Fsp3) is 0.533. The Hall–Kier alpha value is -1.60. The van der Waals surface area contributed by atoms with Crippen molar-refractivity contribution in [3.8, 4) is 0 Å². The molecule has 0 bridgehead atoms. The molecule has 4 nitrogen and oxygen atoms in total. The van der Waals surface area contributed by atoms with Crippen molar-refractivity contribution in [2.24, 2.45) is 0 Å². The number of hydrogen-bond acceptors (Lipinski definition) is 3. The van der Waals surface area contributed by atoms with Gasteiger partial charge in [-0.25, -0.2) is 0 Å². The molecule has 0 aliphatic carbocycles. The summed E-state index contributed by atoms with van der Waals surface area (Å²) in [6.07, 6.45) is -3.84. The highest BCUT2D eigenvalue weighted by molar-refractivity contribution is 5.83. The Bertz CT molecular complexity index is 558. The first-order valence-electron chi connectivity index (χ1n) is 7.00. The van der Waals surface area contributed by atoms with Gasteiger partial charge < -0.3 is 15.3 Å². The molecule has 7 heteroatoms. The third-order valence-electron chi connectivity index (χ3n) is 3.93. The molecule has 1 aromatic rings. The summed E-state index contributed by atoms with van der Waals surface area (Å²) in [4.78, 5) is 13.4. The van der Waals surface area contributed by atoms with Gasteiger partial charge in [-0.1, -0.05) is 12.1 Å². The summed E-state index contributed by atoms with van der Waals surface area (Å²) < 4.78 is 38.2. The lowest BCUT2D eigenvalue weighted by Crippen LogP contribution is -2.44. The van der Waals surface area contributed by atoms with Gasteiger partial charge in [0.05, 0.1) is 17.2 Å². The topological polar surface area (TPSA) is 52.6 Å². The first kappa shape index (κ1) is 16.8. The summed E-state index contributed by atoms with van der Waals surface area (Å²) in [5.41, 5.74) is -2.14. The molecule has 0 saturated carbocycles. The van der Waals surface area contributed by atoms with Crippen molar-refractivity contribution in [2.45, 2.75) is 31.2 Å². The summed E-state index contributed by atoms with van der Waals surface area (Å²) in [6, 6.07) is 4.20. The molecule has 22 heavy (non-hydrogen) atoms. The van der Waals surface area contributed by atoms with Crippen molar-refractivity contribution in [2.75, 3.05) is 20.1 Å². The molecule has 1 aliphatic rings. The van der Waals surface area contributed by atoms with Gasteiger partial charge in [0.25, 0.3) is 0 Å². The summed E-state index contributed by atoms with van der Waals surface area (Å²) in [6.45, 7) is 2.05. The van der Waals surface area contributed by atoms with E-state index < -0.39 is 23.4 Å². The normalized spacial score (nSPS) is 22.0. The zero-order valence-corrected chi connectivity index (χ0v) is 12.4. The maximum atomic E-state index is 12.7. The molecular weight excluding hydrogens is 297 g/mol. The first-order valence-corrected chi connectivity index (χ1v) is 7.00. The standard InChI is InChI=1S/C15H19F3N2O2/c1-14(22,9-19-12-6-7-20(2)13(12)21)10-4-3-5-11(8-10)15(16,17)18/h3-5,8,12,19,22H,6-7,9H2,1-2H3. The summed E-state index contributed by atoms with van der Waals surface area (Å²) in [5.74, 6) is -0.0696. The molecule has 0 spiro atoms. The number of halogens is 3. The number of nitrogens with one attached hydrogen (secondary N) is 1. The number of alkyl halides is 3. The van der Waals surface area contributed by atoms with E-state index in [4.69, 9.17) is 0 Å². The number of benzene rings is 1. The molecule has 122 valence electrons. The van der Waals surface area contributed by atoms with Crippen LogP contribution in [0.25, 0.3) is 0 Å². The molecule has 1 aromatic carbocycles. The zero-order valence-electron chi connectivity index (χ0n) is 12.4. The van der Waals surface area contributed by atoms with Gasteiger partial charge in [0.15, 0.2) is 0 Å². The van der Waals surface area contributed by atoms with Crippen LogP contribution in [0.5, 0.6) is 0 Å². The Morgan fingerprint density at radius 3 is 2.55 bits per heavy atom. The molecule has 1 aliphatic heterocycles. The summed E-state index contributed by atoms with van der Waals surface area (Å²) >= 11 is 0. The van der Waals surface area contributed by atoms with Crippen molar-refractivity contribution >= 4 is 5.91 Å². The van der Waals surface area contributed by atoms with Crippen LogP contribution in [-0.2, 0) is 16.6 Å². The van der Waals surface area contributed by atoms with Crippen LogP contribution in [0, 0.1) is 0 Å². The molecule has 0 aromatic heterocycles. The van der Waals surface area contributed by atoms with Crippen LogP contribution in [-0.4, -0.2) is 42.1 Å². The predicted octanol–water partition coefficient (Wildman–Crippen LogP) is 1.73. The predicted molar refractivity (Wildman–Crippen MR) is 75.1 cm³/mol. The maximum Gasteiger partial charge on any atom is 0.416 e. The van der Waals surface area contributed by atoms with E-state index in [0.29, 0.717) is 13.0 Å². The number of amides is 1. The van der Waals surface area contributed by atoms with Crippen LogP contribution in [0.15, 0.2) is 24.3 Å². The number of likely N-dealkylation sites (N-methyl/N-ethyl adjacent to an activating group) is 1. The van der Waals surface area contributed by atoms with Gasteiger partial charge in [-0.05, 0) is 31.0 Å². The third-order valence-corrected chi connectivity index (χ3v) is 3.93. The van der Waals surface area contributed by atoms with Crippen molar-refractivity contribution < 1.29 is 23.1 Å². The van der Waals surface area contributed by atoms with Gasteiger partial charge >= 0.3 is 6.18 Å². The third kappa shape index (κ3) is 3.59. The number of nitrogens with zero attached hydrogens (tertiary/aromatic N) is 1. The number of likely N-dealkylation sites (tertiary alicyclic amines) is 1. The molecule has 2 atom stereocenters. The van der Waals surface area contributed by atoms with Crippen LogP contribution in [0.3, 0.4) is 0 Å². The molecule has 2 N–H and O–H groups in total. The van der Waals surface area contributed by atoms with Crippen molar-refractivity contribution in [1.82, 2.24) is 10.2 Å². The largest absolute Gasteiger partial charge is 0.416 e. The van der Waals surface area contributed by atoms with E-state index in [1.165, 1.54) is 19.1 Å². The smallest absolute Gasteiger partial charge is 0.384 e. The lowest BCUT2D eigenvalue weighted by molar-refractivity contribution is -0.137. The van der Waals surface area contributed by atoms with E-state index in [0.717, 1.165) is 12.1 Å². The number of carbonyl (C=O) groups excluding carboxylic acids is 1. The minimum atomic E-state index is -4.45. The van der Waals surface area contributed by atoms with Crippen molar-refractivity contribution in [1.29, 1.82) is 0 Å². The van der Waals surface area contributed by atoms with E-state index >= 15 is 0 Å². The second kappa shape index (κ2) is 5.89. The molecule has 1 amide bonds. The van der Waals surface area contributed by atoms with Crippen molar-refractivity contribution in [3.05, 3.63) is 35.4 Å². The molecule has 0 radical (unpaired) electrons. The Kier molecular flexibility index (Phi) is 4.49. The monoisotopic (exact) mass is 316 g/mol. The lowest BCUT2D eigenvalue weighted by atomic mass is 9.94. The van der Waals surface area contributed by atoms with Crippen LogP contribution < -0.4 is 5.32 Å². The maximum absolute atomic E-state index is 12.7. The van der Waals surface area contributed by atoms with E-state index in [9.17, 15) is 23.1 Å². The Balaban J connectivity index is 2.08. The minimum Gasteiger partial charge on any atom is -0.384 e. The van der Waals surface area contributed by atoms with Gasteiger partial charge in [-0.15, -0.1) is 0 Å². The molecule has 1 fully saturated rings. The van der Waals surface area contributed by atoms with Gasteiger partial charge in [0, 0.05) is 20.1 Å². The van der Waals surface area contributed by atoms with E-state index in [2.05, 4.69) is 5.32 Å². The van der Waals surface area contributed by atoms with Crippen LogP contribution >= 0.6 is 0 Å². The Labute approximate surface area is 126 Å². The molecule has 1 saturated heterocycles. The highest BCUT2D eigenvalue weighted by Gasteiger charge is 2.34. The fourth-order valence-electron chi connectivity index (χ4n) is 2.47. The van der Waals surface area contributed by atoms with E-state index in [1.807, 2.05) is 0 Å². The number of rotatable bonds is 4. The lowest BCUT2D eigenvalue weighted by Gasteiger charge is -2.26.